The first-order chi connectivity index (χ1) is 7.22. The summed E-state index contributed by atoms with van der Waals surface area (Å²) < 4.78 is 1.15. The van der Waals surface area contributed by atoms with E-state index < -0.39 is 0 Å². The molecule has 0 radical (unpaired) electrons. The van der Waals surface area contributed by atoms with Gasteiger partial charge in [0.05, 0.1) is 8.45 Å². The van der Waals surface area contributed by atoms with Crippen LogP contribution >= 0.6 is 45.5 Å². The molecule has 5 heteroatoms. The van der Waals surface area contributed by atoms with Gasteiger partial charge in [0.1, 0.15) is 0 Å². The molecule has 0 unspecified atom stereocenters. The number of hydrogen-bond acceptors (Lipinski definition) is 2. The van der Waals surface area contributed by atoms with Gasteiger partial charge in [-0.2, -0.15) is 0 Å². The molecule has 1 fully saturated rings. The van der Waals surface area contributed by atoms with Crippen LogP contribution in [-0.2, 0) is 0 Å². The van der Waals surface area contributed by atoms with Crippen molar-refractivity contribution in [2.24, 2.45) is 0 Å². The third-order valence-electron chi connectivity index (χ3n) is 2.39. The summed E-state index contributed by atoms with van der Waals surface area (Å²) in [6.45, 7) is 0.664. The Morgan fingerprint density at radius 1 is 1.67 bits per heavy atom. The van der Waals surface area contributed by atoms with E-state index in [4.69, 9.17) is 11.6 Å². The predicted octanol–water partition coefficient (Wildman–Crippen LogP) is 3.20. The van der Waals surface area contributed by atoms with Crippen molar-refractivity contribution in [3.63, 3.8) is 0 Å². The molecular weight excluding hydrogens is 345 g/mol. The summed E-state index contributed by atoms with van der Waals surface area (Å²) in [6.07, 6.45) is 2.26. The lowest BCUT2D eigenvalue weighted by Gasteiger charge is -2.20. The van der Waals surface area contributed by atoms with E-state index in [1.807, 2.05) is 16.3 Å². The molecule has 82 valence electrons. The number of rotatable bonds is 4. The van der Waals surface area contributed by atoms with E-state index in [0.717, 1.165) is 21.3 Å². The maximum Gasteiger partial charge on any atom is 0.255 e. The topological polar surface area (TPSA) is 20.3 Å². The fraction of sp³-hybridized carbons (Fsp3) is 0.500. The summed E-state index contributed by atoms with van der Waals surface area (Å²) in [5.41, 5.74) is 0.807. The summed E-state index contributed by atoms with van der Waals surface area (Å²) in [7, 11) is 0. The largest absolute Gasteiger partial charge is 0.334 e. The van der Waals surface area contributed by atoms with Crippen molar-refractivity contribution < 1.29 is 4.79 Å². The zero-order chi connectivity index (χ0) is 10.8. The average molecular weight is 356 g/mol. The molecule has 1 heterocycles. The molecule has 1 aromatic heterocycles. The maximum absolute atomic E-state index is 12.1. The van der Waals surface area contributed by atoms with E-state index in [1.165, 1.54) is 0 Å². The maximum atomic E-state index is 12.1. The molecule has 1 aliphatic rings. The molecular formula is C10H11ClINOS. The Morgan fingerprint density at radius 2 is 2.40 bits per heavy atom. The van der Waals surface area contributed by atoms with Gasteiger partial charge in [-0.15, -0.1) is 22.9 Å². The zero-order valence-electron chi connectivity index (χ0n) is 8.08. The van der Waals surface area contributed by atoms with Crippen LogP contribution in [0.15, 0.2) is 11.4 Å². The Kier molecular flexibility index (Phi) is 3.90. The highest BCUT2D eigenvalue weighted by atomic mass is 127. The van der Waals surface area contributed by atoms with Crippen LogP contribution in [0.3, 0.4) is 0 Å². The van der Waals surface area contributed by atoms with Crippen molar-refractivity contribution in [1.82, 2.24) is 4.90 Å². The summed E-state index contributed by atoms with van der Waals surface area (Å²) in [6, 6.07) is 2.38. The Balaban J connectivity index is 2.10. The van der Waals surface area contributed by atoms with Crippen LogP contribution in [0, 0.1) is 2.88 Å². The van der Waals surface area contributed by atoms with Gasteiger partial charge in [0, 0.05) is 23.8 Å². The van der Waals surface area contributed by atoms with E-state index in [2.05, 4.69) is 22.6 Å². The van der Waals surface area contributed by atoms with Crippen LogP contribution in [-0.4, -0.2) is 29.3 Å². The molecule has 0 N–H and O–H groups in total. The molecule has 0 saturated heterocycles. The van der Waals surface area contributed by atoms with E-state index in [1.54, 1.807) is 11.3 Å². The van der Waals surface area contributed by atoms with Gasteiger partial charge in [0.2, 0.25) is 0 Å². The number of carbonyl (C=O) groups excluding carboxylic acids is 1. The van der Waals surface area contributed by atoms with E-state index >= 15 is 0 Å². The van der Waals surface area contributed by atoms with Gasteiger partial charge in [-0.1, -0.05) is 0 Å². The zero-order valence-corrected chi connectivity index (χ0v) is 11.8. The third kappa shape index (κ3) is 2.85. The standard InChI is InChI=1S/C10H11ClINOS/c11-3-4-13(8-1-2-8)10(14)7-5-9(12)15-6-7/h5-6,8H,1-4H2. The summed E-state index contributed by atoms with van der Waals surface area (Å²) in [4.78, 5) is 14.0. The number of alkyl halides is 1. The van der Waals surface area contributed by atoms with Crippen LogP contribution in [0.25, 0.3) is 0 Å². The monoisotopic (exact) mass is 355 g/mol. The molecule has 1 amide bonds. The van der Waals surface area contributed by atoms with Crippen LogP contribution in [0.4, 0.5) is 0 Å². The minimum Gasteiger partial charge on any atom is -0.334 e. The quantitative estimate of drug-likeness (QED) is 0.600. The van der Waals surface area contributed by atoms with E-state index in [-0.39, 0.29) is 5.91 Å². The molecule has 0 aromatic carbocycles. The predicted molar refractivity (Wildman–Crippen MR) is 71.8 cm³/mol. The van der Waals surface area contributed by atoms with Gasteiger partial charge >= 0.3 is 0 Å². The highest BCUT2D eigenvalue weighted by Crippen LogP contribution is 2.29. The molecule has 0 bridgehead atoms. The summed E-state index contributed by atoms with van der Waals surface area (Å²) in [5, 5.41) is 1.92. The summed E-state index contributed by atoms with van der Waals surface area (Å²) in [5.74, 6) is 0.654. The number of carbonyl (C=O) groups is 1. The van der Waals surface area contributed by atoms with Crippen molar-refractivity contribution >= 4 is 51.4 Å². The molecule has 2 rings (SSSR count). The van der Waals surface area contributed by atoms with Crippen LogP contribution in [0.2, 0.25) is 0 Å². The van der Waals surface area contributed by atoms with E-state index in [9.17, 15) is 4.79 Å². The van der Waals surface area contributed by atoms with Crippen LogP contribution in [0.1, 0.15) is 23.2 Å². The summed E-state index contributed by atoms with van der Waals surface area (Å²) >= 11 is 9.55. The Bertz CT molecular complexity index is 364. The van der Waals surface area contributed by atoms with Crippen molar-refractivity contribution in [2.45, 2.75) is 18.9 Å². The minimum atomic E-state index is 0.136. The van der Waals surface area contributed by atoms with Crippen molar-refractivity contribution in [3.05, 3.63) is 19.9 Å². The number of thiophene rings is 1. The smallest absolute Gasteiger partial charge is 0.255 e. The minimum absolute atomic E-state index is 0.136. The SMILES string of the molecule is O=C(c1csc(I)c1)N(CCCl)C1CC1. The van der Waals surface area contributed by atoms with Crippen molar-refractivity contribution in [2.75, 3.05) is 12.4 Å². The van der Waals surface area contributed by atoms with Gasteiger partial charge in [0.25, 0.3) is 5.91 Å². The van der Waals surface area contributed by atoms with Crippen LogP contribution < -0.4 is 0 Å². The molecule has 1 saturated carbocycles. The fourth-order valence-electron chi connectivity index (χ4n) is 1.52. The average Bonchev–Trinajstić information content (AvgIpc) is 2.96. The first kappa shape index (κ1) is 11.7. The molecule has 0 atom stereocenters. The Morgan fingerprint density at radius 3 is 2.87 bits per heavy atom. The normalized spacial score (nSPS) is 15.3. The lowest BCUT2D eigenvalue weighted by Crippen LogP contribution is -2.34. The van der Waals surface area contributed by atoms with Crippen molar-refractivity contribution in [3.8, 4) is 0 Å². The van der Waals surface area contributed by atoms with Gasteiger partial charge in [-0.05, 0) is 41.5 Å². The lowest BCUT2D eigenvalue weighted by atomic mass is 10.3. The first-order valence-corrected chi connectivity index (χ1v) is 7.32. The number of hydrogen-bond donors (Lipinski definition) is 0. The second-order valence-electron chi connectivity index (χ2n) is 3.56. The lowest BCUT2D eigenvalue weighted by molar-refractivity contribution is 0.0754. The van der Waals surface area contributed by atoms with Gasteiger partial charge < -0.3 is 4.90 Å². The number of nitrogens with zero attached hydrogens (tertiary/aromatic N) is 1. The molecule has 1 aliphatic carbocycles. The van der Waals surface area contributed by atoms with Gasteiger partial charge in [-0.25, -0.2) is 0 Å². The fourth-order valence-corrected chi connectivity index (χ4v) is 3.02. The molecule has 0 aliphatic heterocycles. The Labute approximate surface area is 112 Å². The first-order valence-electron chi connectivity index (χ1n) is 4.83. The second-order valence-corrected chi connectivity index (χ2v) is 6.74. The van der Waals surface area contributed by atoms with Crippen molar-refractivity contribution in [1.29, 1.82) is 0 Å². The van der Waals surface area contributed by atoms with Crippen LogP contribution in [0.5, 0.6) is 0 Å². The number of amides is 1. The molecule has 2 nitrogen and oxygen atoms in total. The molecule has 0 spiro atoms. The highest BCUT2D eigenvalue weighted by molar-refractivity contribution is 14.1. The van der Waals surface area contributed by atoms with Gasteiger partial charge in [-0.3, -0.25) is 4.79 Å². The van der Waals surface area contributed by atoms with Gasteiger partial charge in [0.15, 0.2) is 0 Å². The second kappa shape index (κ2) is 5.01. The molecule has 15 heavy (non-hydrogen) atoms. The number of halogens is 2. The van der Waals surface area contributed by atoms with E-state index in [0.29, 0.717) is 18.5 Å². The highest BCUT2D eigenvalue weighted by Gasteiger charge is 2.32. The third-order valence-corrected chi connectivity index (χ3v) is 4.35. The molecule has 1 aromatic rings. The Hall–Kier alpha value is 0.190.